The molecule has 2 aliphatic rings. The molecule has 242 valence electrons. The van der Waals surface area contributed by atoms with Gasteiger partial charge in [-0.2, -0.15) is 0 Å². The van der Waals surface area contributed by atoms with Crippen molar-refractivity contribution in [3.05, 3.63) is 41.0 Å². The maximum absolute atomic E-state index is 13.3. The minimum Gasteiger partial charge on any atom is -0.505 e. The Morgan fingerprint density at radius 1 is 1.09 bits per heavy atom. The van der Waals surface area contributed by atoms with Gasteiger partial charge in [0.15, 0.2) is 11.9 Å². The molecular weight excluding hydrogens is 590 g/mol. The number of methoxy groups -OCH3 is 3. The number of ether oxygens (including phenoxy) is 4. The average Bonchev–Trinajstić information content (AvgIpc) is 2.98. The summed E-state index contributed by atoms with van der Waals surface area (Å²) in [5, 5.41) is 28.5. The Kier molecular flexibility index (Phi) is 12.3. The highest BCUT2D eigenvalue weighted by Gasteiger charge is 2.33. The second-order valence-corrected chi connectivity index (χ2v) is 12.1. The molecule has 0 aliphatic carbocycles. The first-order valence-corrected chi connectivity index (χ1v) is 15.2. The van der Waals surface area contributed by atoms with Gasteiger partial charge in [0.05, 0.1) is 41.3 Å². The molecule has 12 nitrogen and oxygen atoms in total. The summed E-state index contributed by atoms with van der Waals surface area (Å²) >= 11 is 1.18. The molecule has 2 aliphatic heterocycles. The van der Waals surface area contributed by atoms with Gasteiger partial charge in [0.2, 0.25) is 5.91 Å². The van der Waals surface area contributed by atoms with E-state index in [4.69, 9.17) is 24.7 Å². The Balaban J connectivity index is 2.18. The molecule has 13 heteroatoms. The van der Waals surface area contributed by atoms with E-state index in [2.05, 4.69) is 10.6 Å². The number of hydrogen-bond donors (Lipinski definition) is 5. The molecule has 0 saturated heterocycles. The van der Waals surface area contributed by atoms with Crippen LogP contribution in [0.15, 0.2) is 40.3 Å². The molecule has 44 heavy (non-hydrogen) atoms. The van der Waals surface area contributed by atoms with Crippen molar-refractivity contribution in [1.82, 2.24) is 0 Å². The van der Waals surface area contributed by atoms with Gasteiger partial charge in [-0.05, 0) is 38.2 Å². The molecule has 0 spiro atoms. The predicted molar refractivity (Wildman–Crippen MR) is 168 cm³/mol. The number of aliphatic hydroxyl groups is 1. The molecule has 0 aromatic heterocycles. The molecule has 1 aromatic rings. The van der Waals surface area contributed by atoms with Crippen LogP contribution in [0, 0.1) is 11.8 Å². The minimum atomic E-state index is -0.992. The molecule has 6 atom stereocenters. The first kappa shape index (κ1) is 35.0. The van der Waals surface area contributed by atoms with Crippen LogP contribution in [-0.2, 0) is 30.2 Å². The van der Waals surface area contributed by atoms with Gasteiger partial charge >= 0.3 is 6.09 Å². The van der Waals surface area contributed by atoms with E-state index in [9.17, 15) is 24.6 Å². The molecule has 3 amide bonds. The van der Waals surface area contributed by atoms with Gasteiger partial charge in [0, 0.05) is 31.3 Å². The Bertz CT molecular complexity index is 1340. The van der Waals surface area contributed by atoms with Crippen molar-refractivity contribution in [2.75, 3.05) is 37.7 Å². The van der Waals surface area contributed by atoms with Crippen molar-refractivity contribution in [3.8, 4) is 11.5 Å². The summed E-state index contributed by atoms with van der Waals surface area (Å²) in [5.41, 5.74) is 7.21. The van der Waals surface area contributed by atoms with Gasteiger partial charge in [-0.25, -0.2) is 4.79 Å². The number of primary amides is 1. The van der Waals surface area contributed by atoms with Gasteiger partial charge < -0.3 is 45.5 Å². The number of fused-ring (bicyclic) bond motifs is 4. The standard InChI is InChI=1S/C31H43N3O9S/c1-15-11-19-26(37)23(29-24(28(19)42-7)33-22(35)14-44-29)34-30(38)16(2)9-8-10-20(40-5)27(43-31(32)39)18(4)13-17(3)25(36)21(12-15)41-6/h8-10,13,15,17,20-21,25,27,36-37H,11-12,14H2,1-7H3,(H2,32,39)(H,33,35)(H,34,38)/b10-8-,16-9+,18-13+/t15-,17+,20+,21+,25-,27?/m1/s1. The zero-order valence-electron chi connectivity index (χ0n) is 26.1. The molecule has 0 radical (unpaired) electrons. The van der Waals surface area contributed by atoms with Crippen molar-refractivity contribution >= 4 is 41.0 Å². The van der Waals surface area contributed by atoms with Crippen LogP contribution in [0.4, 0.5) is 16.2 Å². The summed E-state index contributed by atoms with van der Waals surface area (Å²) in [5.74, 6) is -1.08. The minimum absolute atomic E-state index is 0.0950. The largest absolute Gasteiger partial charge is 0.505 e. The zero-order chi connectivity index (χ0) is 32.7. The monoisotopic (exact) mass is 633 g/mol. The number of phenolic OH excluding ortho intramolecular Hbond substituents is 1. The lowest BCUT2D eigenvalue weighted by Crippen LogP contribution is -2.37. The van der Waals surface area contributed by atoms with Crippen LogP contribution >= 0.6 is 11.8 Å². The molecule has 0 fully saturated rings. The summed E-state index contributed by atoms with van der Waals surface area (Å²) in [7, 11) is 4.41. The lowest BCUT2D eigenvalue weighted by Gasteiger charge is -2.30. The highest BCUT2D eigenvalue weighted by atomic mass is 32.2. The van der Waals surface area contributed by atoms with Crippen LogP contribution in [0.2, 0.25) is 0 Å². The van der Waals surface area contributed by atoms with E-state index in [0.29, 0.717) is 39.5 Å². The number of nitrogens with one attached hydrogen (secondary N) is 2. The van der Waals surface area contributed by atoms with Gasteiger partial charge in [0.1, 0.15) is 11.9 Å². The number of nitrogens with two attached hydrogens (primary N) is 1. The van der Waals surface area contributed by atoms with E-state index < -0.39 is 42.3 Å². The van der Waals surface area contributed by atoms with Crippen LogP contribution in [0.1, 0.15) is 39.7 Å². The van der Waals surface area contributed by atoms with Crippen molar-refractivity contribution in [2.24, 2.45) is 17.6 Å². The lowest BCUT2D eigenvalue weighted by molar-refractivity contribution is -0.114. The summed E-state index contributed by atoms with van der Waals surface area (Å²) in [4.78, 5) is 38.0. The van der Waals surface area contributed by atoms with Crippen LogP contribution < -0.4 is 21.1 Å². The van der Waals surface area contributed by atoms with Gasteiger partial charge in [-0.15, -0.1) is 11.8 Å². The first-order valence-electron chi connectivity index (χ1n) is 14.3. The Morgan fingerprint density at radius 2 is 1.80 bits per heavy atom. The van der Waals surface area contributed by atoms with Gasteiger partial charge in [-0.3, -0.25) is 9.59 Å². The SMILES string of the molecule is COc1c2c(O)c(c3c1NC(=O)CS3)NC(=O)/C(C)=C/C=C\[C@H](OC)C(OC(N)=O)/C(C)=C/[C@H](C)[C@@H](O)[C@@H](OC)C[C@H](C)C2. The van der Waals surface area contributed by atoms with E-state index in [-0.39, 0.29) is 35.4 Å². The molecule has 6 N–H and O–H groups in total. The third kappa shape index (κ3) is 8.14. The average molecular weight is 634 g/mol. The summed E-state index contributed by atoms with van der Waals surface area (Å²) < 4.78 is 22.4. The number of aliphatic hydroxyl groups excluding tert-OH is 1. The van der Waals surface area contributed by atoms with Gasteiger partial charge in [-0.1, -0.05) is 38.2 Å². The number of thioether (sulfide) groups is 1. The maximum Gasteiger partial charge on any atom is 0.405 e. The van der Waals surface area contributed by atoms with E-state index in [1.54, 1.807) is 38.2 Å². The third-order valence-electron chi connectivity index (χ3n) is 7.74. The molecule has 3 rings (SSSR count). The highest BCUT2D eigenvalue weighted by Crippen LogP contribution is 2.52. The van der Waals surface area contributed by atoms with Crippen LogP contribution in [0.3, 0.4) is 0 Å². The number of anilines is 2. The fourth-order valence-corrected chi connectivity index (χ4v) is 6.37. The topological polar surface area (TPSA) is 179 Å². The number of carbonyl (C=O) groups is 3. The second kappa shape index (κ2) is 15.5. The smallest absolute Gasteiger partial charge is 0.405 e. The Hall–Kier alpha value is -3.52. The van der Waals surface area contributed by atoms with E-state index in [1.165, 1.54) is 33.1 Å². The normalized spacial score (nSPS) is 30.0. The number of aromatic hydroxyl groups is 1. The van der Waals surface area contributed by atoms with Crippen LogP contribution in [0.25, 0.3) is 0 Å². The molecule has 1 unspecified atom stereocenters. The van der Waals surface area contributed by atoms with Crippen molar-refractivity contribution in [3.63, 3.8) is 0 Å². The molecule has 0 saturated carbocycles. The number of carbonyl (C=O) groups excluding carboxylic acids is 3. The first-order chi connectivity index (χ1) is 20.8. The predicted octanol–water partition coefficient (Wildman–Crippen LogP) is 3.91. The van der Waals surface area contributed by atoms with Crippen molar-refractivity contribution in [1.29, 1.82) is 0 Å². The number of hydrogen-bond acceptors (Lipinski definition) is 10. The second-order valence-electron chi connectivity index (χ2n) is 11.1. The number of amides is 3. The van der Waals surface area contributed by atoms with E-state index >= 15 is 0 Å². The fourth-order valence-electron chi connectivity index (χ4n) is 5.44. The highest BCUT2D eigenvalue weighted by molar-refractivity contribution is 8.00. The third-order valence-corrected chi connectivity index (χ3v) is 8.84. The van der Waals surface area contributed by atoms with Gasteiger partial charge in [0.25, 0.3) is 5.91 Å². The van der Waals surface area contributed by atoms with E-state index in [0.717, 1.165) is 0 Å². The summed E-state index contributed by atoms with van der Waals surface area (Å²) in [6.07, 6.45) is 3.00. The number of allylic oxidation sites excluding steroid dienone is 2. The van der Waals surface area contributed by atoms with Crippen LogP contribution in [0.5, 0.6) is 11.5 Å². The molecule has 2 bridgehead atoms. The van der Waals surface area contributed by atoms with Crippen LogP contribution in [-0.4, -0.2) is 79.6 Å². The molecule has 1 aromatic carbocycles. The van der Waals surface area contributed by atoms with Crippen molar-refractivity contribution < 1.29 is 43.5 Å². The molecule has 2 heterocycles. The maximum atomic E-state index is 13.3. The molecular formula is C31H43N3O9S. The lowest BCUT2D eigenvalue weighted by atomic mass is 9.87. The summed E-state index contributed by atoms with van der Waals surface area (Å²) in [6.45, 7) is 7.11. The quantitative estimate of drug-likeness (QED) is 0.185. The fraction of sp³-hybridized carbons (Fsp3) is 0.516. The Labute approximate surface area is 262 Å². The number of benzene rings is 1. The zero-order valence-corrected chi connectivity index (χ0v) is 26.9. The Morgan fingerprint density at radius 3 is 2.41 bits per heavy atom. The number of phenols is 1. The van der Waals surface area contributed by atoms with E-state index in [1.807, 2.05) is 13.8 Å². The summed E-state index contributed by atoms with van der Waals surface area (Å²) in [6, 6.07) is 0. The number of rotatable bonds is 4. The van der Waals surface area contributed by atoms with Crippen molar-refractivity contribution in [2.45, 2.75) is 69.8 Å².